The molecule has 0 aliphatic carbocycles. The highest BCUT2D eigenvalue weighted by Crippen LogP contribution is 2.17. The lowest BCUT2D eigenvalue weighted by Gasteiger charge is -2.17. The molecule has 2 amide bonds. The van der Waals surface area contributed by atoms with Crippen LogP contribution < -0.4 is 10.9 Å². The van der Waals surface area contributed by atoms with Crippen LogP contribution in [0.1, 0.15) is 37.6 Å². The number of hydrogen-bond donors (Lipinski definition) is 2. The molecule has 0 saturated heterocycles. The van der Waals surface area contributed by atoms with Crippen molar-refractivity contribution in [2.24, 2.45) is 5.41 Å². The van der Waals surface area contributed by atoms with Crippen LogP contribution in [0.4, 0.5) is 0 Å². The Morgan fingerprint density at radius 2 is 1.67 bits per heavy atom. The van der Waals surface area contributed by atoms with E-state index in [1.54, 1.807) is 24.3 Å². The van der Waals surface area contributed by atoms with Crippen LogP contribution in [0.5, 0.6) is 0 Å². The molecule has 0 atom stereocenters. The summed E-state index contributed by atoms with van der Waals surface area (Å²) < 4.78 is 0. The molecule has 2 N–H and O–H groups in total. The van der Waals surface area contributed by atoms with Crippen LogP contribution in [0.2, 0.25) is 5.02 Å². The topological polar surface area (TPSA) is 58.2 Å². The van der Waals surface area contributed by atoms with Crippen LogP contribution >= 0.6 is 11.6 Å². The normalized spacial score (nSPS) is 10.9. The standard InChI is InChI=1S/C13H17ClN2O2/c1-13(2,3)8-11(17)15-16-12(18)9-4-6-10(14)7-5-9/h4-7H,8H2,1-3H3,(H,15,17)(H,16,18). The quantitative estimate of drug-likeness (QED) is 0.810. The van der Waals surface area contributed by atoms with Gasteiger partial charge in [0.15, 0.2) is 0 Å². The van der Waals surface area contributed by atoms with E-state index in [1.165, 1.54) is 0 Å². The smallest absolute Gasteiger partial charge is 0.269 e. The van der Waals surface area contributed by atoms with E-state index < -0.39 is 0 Å². The van der Waals surface area contributed by atoms with Crippen molar-refractivity contribution in [2.45, 2.75) is 27.2 Å². The summed E-state index contributed by atoms with van der Waals surface area (Å²) in [7, 11) is 0. The third-order valence-corrected chi connectivity index (χ3v) is 2.36. The zero-order chi connectivity index (χ0) is 13.8. The summed E-state index contributed by atoms with van der Waals surface area (Å²) in [6.07, 6.45) is 0.341. The zero-order valence-corrected chi connectivity index (χ0v) is 11.5. The van der Waals surface area contributed by atoms with Gasteiger partial charge >= 0.3 is 0 Å². The lowest BCUT2D eigenvalue weighted by atomic mass is 9.92. The fourth-order valence-electron chi connectivity index (χ4n) is 1.33. The molecule has 0 aliphatic heterocycles. The van der Waals surface area contributed by atoms with Crippen molar-refractivity contribution in [3.8, 4) is 0 Å². The molecule has 1 rings (SSSR count). The summed E-state index contributed by atoms with van der Waals surface area (Å²) in [6.45, 7) is 5.86. The predicted molar refractivity (Wildman–Crippen MR) is 71.1 cm³/mol. The Hall–Kier alpha value is -1.55. The summed E-state index contributed by atoms with van der Waals surface area (Å²) in [6, 6.07) is 6.42. The number of hydrogen-bond acceptors (Lipinski definition) is 2. The third-order valence-electron chi connectivity index (χ3n) is 2.11. The van der Waals surface area contributed by atoms with Gasteiger partial charge < -0.3 is 0 Å². The van der Waals surface area contributed by atoms with Gasteiger partial charge in [0.2, 0.25) is 5.91 Å². The van der Waals surface area contributed by atoms with Crippen LogP contribution in [-0.4, -0.2) is 11.8 Å². The van der Waals surface area contributed by atoms with Gasteiger partial charge in [-0.25, -0.2) is 0 Å². The van der Waals surface area contributed by atoms with Gasteiger partial charge in [0.25, 0.3) is 5.91 Å². The SMILES string of the molecule is CC(C)(C)CC(=O)NNC(=O)c1ccc(Cl)cc1. The van der Waals surface area contributed by atoms with E-state index in [1.807, 2.05) is 20.8 Å². The van der Waals surface area contributed by atoms with E-state index in [0.29, 0.717) is 17.0 Å². The van der Waals surface area contributed by atoms with Crippen LogP contribution in [-0.2, 0) is 4.79 Å². The summed E-state index contributed by atoms with van der Waals surface area (Å²) in [5, 5.41) is 0.559. The molecule has 0 aliphatic rings. The Morgan fingerprint density at radius 3 is 2.17 bits per heavy atom. The van der Waals surface area contributed by atoms with Gasteiger partial charge in [0, 0.05) is 17.0 Å². The van der Waals surface area contributed by atoms with E-state index in [-0.39, 0.29) is 17.2 Å². The van der Waals surface area contributed by atoms with Crippen molar-refractivity contribution < 1.29 is 9.59 Å². The third kappa shape index (κ3) is 5.19. The van der Waals surface area contributed by atoms with E-state index in [0.717, 1.165) is 0 Å². The monoisotopic (exact) mass is 268 g/mol. The molecule has 18 heavy (non-hydrogen) atoms. The molecule has 1 aromatic rings. The second-order valence-electron chi connectivity index (χ2n) is 5.25. The number of nitrogens with one attached hydrogen (secondary N) is 2. The molecule has 0 aromatic heterocycles. The van der Waals surface area contributed by atoms with Crippen molar-refractivity contribution in [1.82, 2.24) is 10.9 Å². The van der Waals surface area contributed by atoms with Crippen molar-refractivity contribution in [3.05, 3.63) is 34.9 Å². The summed E-state index contributed by atoms with van der Waals surface area (Å²) in [5.74, 6) is -0.585. The molecule has 0 spiro atoms. The second kappa shape index (κ2) is 5.87. The van der Waals surface area contributed by atoms with Gasteiger partial charge in [-0.2, -0.15) is 0 Å². The Labute approximate surface area is 112 Å². The Morgan fingerprint density at radius 1 is 1.11 bits per heavy atom. The predicted octanol–water partition coefficient (Wildman–Crippen LogP) is 2.54. The molecule has 0 radical (unpaired) electrons. The van der Waals surface area contributed by atoms with Crippen molar-refractivity contribution in [3.63, 3.8) is 0 Å². The molecular formula is C13H17ClN2O2. The lowest BCUT2D eigenvalue weighted by molar-refractivity contribution is -0.123. The molecule has 0 fully saturated rings. The second-order valence-corrected chi connectivity index (χ2v) is 5.68. The van der Waals surface area contributed by atoms with Crippen LogP contribution in [0.3, 0.4) is 0 Å². The van der Waals surface area contributed by atoms with Crippen molar-refractivity contribution >= 4 is 23.4 Å². The first kappa shape index (κ1) is 14.5. The number of carbonyl (C=O) groups excluding carboxylic acids is 2. The van der Waals surface area contributed by atoms with Gasteiger partial charge in [-0.1, -0.05) is 32.4 Å². The summed E-state index contributed by atoms with van der Waals surface area (Å²) in [5.41, 5.74) is 5.06. The highest BCUT2D eigenvalue weighted by atomic mass is 35.5. The first-order valence-electron chi connectivity index (χ1n) is 5.63. The van der Waals surface area contributed by atoms with Gasteiger partial charge in [-0.15, -0.1) is 0 Å². The van der Waals surface area contributed by atoms with E-state index in [2.05, 4.69) is 10.9 Å². The highest BCUT2D eigenvalue weighted by molar-refractivity contribution is 6.30. The maximum Gasteiger partial charge on any atom is 0.269 e. The number of amides is 2. The summed E-state index contributed by atoms with van der Waals surface area (Å²) >= 11 is 5.72. The first-order chi connectivity index (χ1) is 8.28. The average molecular weight is 269 g/mol. The molecule has 98 valence electrons. The van der Waals surface area contributed by atoms with Crippen LogP contribution in [0.15, 0.2) is 24.3 Å². The largest absolute Gasteiger partial charge is 0.273 e. The molecule has 0 unspecified atom stereocenters. The Bertz CT molecular complexity index is 435. The minimum atomic E-state index is -0.367. The number of benzene rings is 1. The molecule has 4 nitrogen and oxygen atoms in total. The van der Waals surface area contributed by atoms with Crippen LogP contribution in [0.25, 0.3) is 0 Å². The first-order valence-corrected chi connectivity index (χ1v) is 6.00. The lowest BCUT2D eigenvalue weighted by Crippen LogP contribution is -2.42. The molecule has 1 aromatic carbocycles. The fraction of sp³-hybridized carbons (Fsp3) is 0.385. The zero-order valence-electron chi connectivity index (χ0n) is 10.7. The number of hydrazine groups is 1. The number of rotatable bonds is 2. The number of halogens is 1. The van der Waals surface area contributed by atoms with Crippen molar-refractivity contribution in [2.75, 3.05) is 0 Å². The van der Waals surface area contributed by atoms with Gasteiger partial charge in [0.1, 0.15) is 0 Å². The van der Waals surface area contributed by atoms with E-state index in [4.69, 9.17) is 11.6 Å². The van der Waals surface area contributed by atoms with E-state index >= 15 is 0 Å². The molecular weight excluding hydrogens is 252 g/mol. The van der Waals surface area contributed by atoms with Gasteiger partial charge in [-0.3, -0.25) is 20.4 Å². The number of carbonyl (C=O) groups is 2. The van der Waals surface area contributed by atoms with E-state index in [9.17, 15) is 9.59 Å². The maximum atomic E-state index is 11.7. The van der Waals surface area contributed by atoms with Crippen LogP contribution in [0, 0.1) is 5.41 Å². The average Bonchev–Trinajstić information content (AvgIpc) is 2.24. The molecule has 0 heterocycles. The molecule has 0 bridgehead atoms. The molecule has 5 heteroatoms. The highest BCUT2D eigenvalue weighted by Gasteiger charge is 2.16. The molecule has 0 saturated carbocycles. The minimum absolute atomic E-state index is 0.116. The Kier molecular flexibility index (Phi) is 4.73. The minimum Gasteiger partial charge on any atom is -0.273 e. The Balaban J connectivity index is 2.47. The van der Waals surface area contributed by atoms with Gasteiger partial charge in [-0.05, 0) is 29.7 Å². The maximum absolute atomic E-state index is 11.7. The summed E-state index contributed by atoms with van der Waals surface area (Å²) in [4.78, 5) is 23.2. The fourth-order valence-corrected chi connectivity index (χ4v) is 1.45. The van der Waals surface area contributed by atoms with Gasteiger partial charge in [0.05, 0.1) is 0 Å². The van der Waals surface area contributed by atoms with Crippen molar-refractivity contribution in [1.29, 1.82) is 0 Å².